The molecule has 3 aromatic carbocycles. The Balaban J connectivity index is 1.69. The van der Waals surface area contributed by atoms with E-state index >= 15 is 0 Å². The first-order chi connectivity index (χ1) is 15.5. The number of benzene rings is 3. The van der Waals surface area contributed by atoms with Gasteiger partial charge in [0.1, 0.15) is 5.69 Å². The van der Waals surface area contributed by atoms with Gasteiger partial charge in [-0.15, -0.1) is 0 Å². The van der Waals surface area contributed by atoms with Crippen molar-refractivity contribution in [3.8, 4) is 11.1 Å². The molecule has 160 valence electrons. The molecule has 1 aromatic heterocycles. The molecular formula is C25H19ClN2O4. The van der Waals surface area contributed by atoms with Crippen LogP contribution in [-0.2, 0) is 16.6 Å². The van der Waals surface area contributed by atoms with Crippen LogP contribution in [0.4, 0.5) is 5.69 Å². The summed E-state index contributed by atoms with van der Waals surface area (Å²) in [6.07, 6.45) is 0. The number of carbonyl (C=O) groups is 2. The smallest absolute Gasteiger partial charge is 0.356 e. The van der Waals surface area contributed by atoms with Gasteiger partial charge in [0.2, 0.25) is 0 Å². The molecule has 0 spiro atoms. The lowest BCUT2D eigenvalue weighted by Crippen LogP contribution is -2.28. The molecule has 6 nitrogen and oxygen atoms in total. The van der Waals surface area contributed by atoms with Crippen molar-refractivity contribution in [2.24, 2.45) is 7.05 Å². The number of hydrogen-bond donors (Lipinski definition) is 1. The van der Waals surface area contributed by atoms with E-state index < -0.39 is 18.5 Å². The van der Waals surface area contributed by atoms with Crippen LogP contribution in [0.2, 0.25) is 5.02 Å². The number of rotatable bonds is 5. The number of ether oxygens (including phenoxy) is 1. The maximum absolute atomic E-state index is 13.1. The van der Waals surface area contributed by atoms with Gasteiger partial charge in [0.05, 0.1) is 0 Å². The molecule has 0 saturated carbocycles. The molecule has 0 aliphatic carbocycles. The number of nitrogens with zero attached hydrogens (tertiary/aromatic N) is 1. The second kappa shape index (κ2) is 9.08. The fourth-order valence-corrected chi connectivity index (χ4v) is 3.75. The maximum Gasteiger partial charge on any atom is 0.356 e. The van der Waals surface area contributed by atoms with Gasteiger partial charge in [-0.1, -0.05) is 66.2 Å². The number of carbonyl (C=O) groups excluding carboxylic acids is 2. The van der Waals surface area contributed by atoms with Crippen molar-refractivity contribution in [1.29, 1.82) is 0 Å². The van der Waals surface area contributed by atoms with E-state index in [-0.39, 0.29) is 11.3 Å². The fourth-order valence-electron chi connectivity index (χ4n) is 3.56. The highest BCUT2D eigenvalue weighted by Crippen LogP contribution is 2.30. The van der Waals surface area contributed by atoms with Gasteiger partial charge in [0.25, 0.3) is 11.5 Å². The van der Waals surface area contributed by atoms with E-state index in [1.807, 2.05) is 36.4 Å². The molecule has 32 heavy (non-hydrogen) atoms. The van der Waals surface area contributed by atoms with Crippen LogP contribution in [0.1, 0.15) is 10.5 Å². The second-order valence-corrected chi connectivity index (χ2v) is 7.57. The Kier molecular flexibility index (Phi) is 6.05. The van der Waals surface area contributed by atoms with Gasteiger partial charge in [-0.2, -0.15) is 0 Å². The number of esters is 1. The van der Waals surface area contributed by atoms with E-state index in [0.717, 1.165) is 5.56 Å². The third-order valence-electron chi connectivity index (χ3n) is 5.00. The normalized spacial score (nSPS) is 10.7. The van der Waals surface area contributed by atoms with Crippen molar-refractivity contribution in [2.75, 3.05) is 11.9 Å². The number of pyridine rings is 1. The van der Waals surface area contributed by atoms with Gasteiger partial charge in [0.15, 0.2) is 6.61 Å². The van der Waals surface area contributed by atoms with E-state index in [1.165, 1.54) is 11.6 Å². The molecule has 0 bridgehead atoms. The minimum absolute atomic E-state index is 0.0791. The first-order valence-corrected chi connectivity index (χ1v) is 10.2. The second-order valence-electron chi connectivity index (χ2n) is 7.13. The van der Waals surface area contributed by atoms with Crippen molar-refractivity contribution in [2.45, 2.75) is 0 Å². The van der Waals surface area contributed by atoms with Gasteiger partial charge in [-0.05, 0) is 35.2 Å². The summed E-state index contributed by atoms with van der Waals surface area (Å²) in [6.45, 7) is -0.513. The van der Waals surface area contributed by atoms with Crippen molar-refractivity contribution in [3.05, 3.63) is 99.9 Å². The summed E-state index contributed by atoms with van der Waals surface area (Å²) in [5, 5.41) is 4.22. The Morgan fingerprint density at radius 3 is 2.34 bits per heavy atom. The first-order valence-electron chi connectivity index (χ1n) is 9.85. The molecule has 1 heterocycles. The first kappa shape index (κ1) is 21.3. The number of nitrogens with one attached hydrogen (secondary N) is 1. The highest BCUT2D eigenvalue weighted by Gasteiger charge is 2.23. The predicted octanol–water partition coefficient (Wildman–Crippen LogP) is 4.65. The Bertz CT molecular complexity index is 1380. The van der Waals surface area contributed by atoms with Crippen LogP contribution >= 0.6 is 11.6 Å². The number of aromatic nitrogens is 1. The lowest BCUT2D eigenvalue weighted by atomic mass is 9.97. The molecule has 0 aliphatic heterocycles. The minimum atomic E-state index is -0.768. The third kappa shape index (κ3) is 4.26. The van der Waals surface area contributed by atoms with E-state index in [9.17, 15) is 14.4 Å². The van der Waals surface area contributed by atoms with Crippen LogP contribution in [0.15, 0.2) is 83.7 Å². The summed E-state index contributed by atoms with van der Waals surface area (Å²) >= 11 is 5.92. The molecule has 0 fully saturated rings. The van der Waals surface area contributed by atoms with E-state index in [1.54, 1.807) is 42.5 Å². The van der Waals surface area contributed by atoms with Crippen molar-refractivity contribution >= 4 is 39.9 Å². The monoisotopic (exact) mass is 446 g/mol. The summed E-state index contributed by atoms with van der Waals surface area (Å²) in [6, 6.07) is 23.0. The van der Waals surface area contributed by atoms with Crippen LogP contribution in [0.25, 0.3) is 21.9 Å². The molecule has 0 atom stereocenters. The number of amides is 1. The third-order valence-corrected chi connectivity index (χ3v) is 5.24. The summed E-state index contributed by atoms with van der Waals surface area (Å²) in [4.78, 5) is 38.3. The van der Waals surface area contributed by atoms with Crippen LogP contribution in [0.5, 0.6) is 0 Å². The zero-order valence-corrected chi connectivity index (χ0v) is 17.9. The average molecular weight is 447 g/mol. The molecule has 0 saturated heterocycles. The average Bonchev–Trinajstić information content (AvgIpc) is 2.80. The van der Waals surface area contributed by atoms with Crippen LogP contribution in [0, 0.1) is 0 Å². The van der Waals surface area contributed by atoms with Gasteiger partial charge in [-0.25, -0.2) is 4.79 Å². The Labute approximate surface area is 189 Å². The van der Waals surface area contributed by atoms with E-state index in [4.69, 9.17) is 16.3 Å². The lowest BCUT2D eigenvalue weighted by Gasteiger charge is -2.16. The lowest BCUT2D eigenvalue weighted by molar-refractivity contribution is -0.119. The molecule has 7 heteroatoms. The molecule has 1 amide bonds. The summed E-state index contributed by atoms with van der Waals surface area (Å²) < 4.78 is 6.56. The number of fused-ring (bicyclic) bond motifs is 1. The predicted molar refractivity (Wildman–Crippen MR) is 125 cm³/mol. The standard InChI is InChI=1S/C25H19ClN2O4/c1-28-23(25(31)32-15-21(29)27-18-11-7-10-17(26)14-18)22(16-8-3-2-4-9-16)19-12-5-6-13-20(19)24(28)30/h2-14H,15H2,1H3,(H,27,29). The highest BCUT2D eigenvalue weighted by molar-refractivity contribution is 6.30. The van der Waals surface area contributed by atoms with Crippen molar-refractivity contribution in [1.82, 2.24) is 4.57 Å². The van der Waals surface area contributed by atoms with Gasteiger partial charge < -0.3 is 14.6 Å². The number of anilines is 1. The van der Waals surface area contributed by atoms with Crippen LogP contribution in [-0.4, -0.2) is 23.1 Å². The van der Waals surface area contributed by atoms with Gasteiger partial charge in [0, 0.05) is 28.7 Å². The zero-order chi connectivity index (χ0) is 22.7. The number of halogens is 1. The van der Waals surface area contributed by atoms with E-state index in [0.29, 0.717) is 27.0 Å². The highest BCUT2D eigenvalue weighted by atomic mass is 35.5. The van der Waals surface area contributed by atoms with E-state index in [2.05, 4.69) is 5.32 Å². The summed E-state index contributed by atoms with van der Waals surface area (Å²) in [5.74, 6) is -1.29. The number of hydrogen-bond acceptors (Lipinski definition) is 4. The molecular weight excluding hydrogens is 428 g/mol. The van der Waals surface area contributed by atoms with Crippen molar-refractivity contribution in [3.63, 3.8) is 0 Å². The zero-order valence-electron chi connectivity index (χ0n) is 17.2. The van der Waals surface area contributed by atoms with Gasteiger partial charge >= 0.3 is 5.97 Å². The molecule has 0 radical (unpaired) electrons. The summed E-state index contributed by atoms with van der Waals surface area (Å²) in [5.41, 5.74) is 1.57. The fraction of sp³-hybridized carbons (Fsp3) is 0.0800. The Morgan fingerprint density at radius 1 is 0.938 bits per heavy atom. The Morgan fingerprint density at radius 2 is 1.62 bits per heavy atom. The Hall–Kier alpha value is -3.90. The van der Waals surface area contributed by atoms with Gasteiger partial charge in [-0.3, -0.25) is 9.59 Å². The SMILES string of the molecule is Cn1c(C(=O)OCC(=O)Nc2cccc(Cl)c2)c(-c2ccccc2)c2ccccc2c1=O. The molecule has 4 rings (SSSR count). The topological polar surface area (TPSA) is 77.4 Å². The van der Waals surface area contributed by atoms with Crippen LogP contribution < -0.4 is 10.9 Å². The summed E-state index contributed by atoms with van der Waals surface area (Å²) in [7, 11) is 1.52. The molecule has 0 unspecified atom stereocenters. The molecule has 0 aliphatic rings. The minimum Gasteiger partial charge on any atom is -0.451 e. The molecule has 1 N–H and O–H groups in total. The maximum atomic E-state index is 13.1. The van der Waals surface area contributed by atoms with Crippen LogP contribution in [0.3, 0.4) is 0 Å². The molecule has 4 aromatic rings. The largest absolute Gasteiger partial charge is 0.451 e. The quantitative estimate of drug-likeness (QED) is 0.452. The van der Waals surface area contributed by atoms with Crippen molar-refractivity contribution < 1.29 is 14.3 Å².